The molecule has 4 nitrogen and oxygen atoms in total. The average molecular weight is 300 g/mol. The molecule has 0 spiro atoms. The Morgan fingerprint density at radius 1 is 1.23 bits per heavy atom. The van der Waals surface area contributed by atoms with Crippen LogP contribution in [0.2, 0.25) is 0 Å². The zero-order valence-corrected chi connectivity index (χ0v) is 13.1. The molecule has 3 rings (SSSR count). The van der Waals surface area contributed by atoms with E-state index in [1.165, 1.54) is 16.5 Å². The quantitative estimate of drug-likeness (QED) is 0.913. The second-order valence-corrected chi connectivity index (χ2v) is 6.44. The number of nitrogens with zero attached hydrogens (tertiary/aromatic N) is 2. The molecule has 1 aliphatic rings. The summed E-state index contributed by atoms with van der Waals surface area (Å²) in [5.41, 5.74) is 2.73. The van der Waals surface area contributed by atoms with Gasteiger partial charge in [0.1, 0.15) is 0 Å². The third-order valence-corrected chi connectivity index (χ3v) is 4.82. The maximum Gasteiger partial charge on any atom is 0.0890 e. The molecule has 1 atom stereocenters. The lowest BCUT2D eigenvalue weighted by atomic mass is 9.96. The Hall–Kier alpha value is -1.49. The van der Waals surface area contributed by atoms with Gasteiger partial charge in [0.05, 0.1) is 17.7 Å². The first kappa shape index (κ1) is 15.4. The Balaban J connectivity index is 1.83. The van der Waals surface area contributed by atoms with Gasteiger partial charge < -0.3 is 10.2 Å². The van der Waals surface area contributed by atoms with Crippen LogP contribution in [-0.2, 0) is 6.54 Å². The van der Waals surface area contributed by atoms with Crippen LogP contribution in [0.25, 0.3) is 10.9 Å². The van der Waals surface area contributed by atoms with Crippen molar-refractivity contribution in [3.63, 3.8) is 0 Å². The summed E-state index contributed by atoms with van der Waals surface area (Å²) in [6.45, 7) is 4.64. The van der Waals surface area contributed by atoms with Crippen LogP contribution >= 0.6 is 0 Å². The lowest BCUT2D eigenvalue weighted by Gasteiger charge is -2.25. The van der Waals surface area contributed by atoms with E-state index in [0.29, 0.717) is 12.8 Å². The van der Waals surface area contributed by atoms with Gasteiger partial charge in [0.15, 0.2) is 0 Å². The average Bonchev–Trinajstić information content (AvgIpc) is 2.73. The van der Waals surface area contributed by atoms with Gasteiger partial charge in [-0.05, 0) is 56.0 Å². The predicted octanol–water partition coefficient (Wildman–Crippen LogP) is 2.25. The first-order valence-corrected chi connectivity index (χ1v) is 8.00. The molecule has 118 valence electrons. The van der Waals surface area contributed by atoms with Gasteiger partial charge in [-0.15, -0.1) is 0 Å². The van der Waals surface area contributed by atoms with Gasteiger partial charge in [0.2, 0.25) is 0 Å². The number of rotatable bonds is 3. The maximum absolute atomic E-state index is 10.3. The number of aliphatic hydroxyl groups is 2. The lowest BCUT2D eigenvalue weighted by molar-refractivity contribution is -0.0255. The van der Waals surface area contributed by atoms with Gasteiger partial charge in [-0.3, -0.25) is 9.88 Å². The summed E-state index contributed by atoms with van der Waals surface area (Å²) in [7, 11) is 0. The van der Waals surface area contributed by atoms with Crippen LogP contribution in [0.4, 0.5) is 0 Å². The van der Waals surface area contributed by atoms with E-state index in [-0.39, 0.29) is 6.61 Å². The van der Waals surface area contributed by atoms with Gasteiger partial charge >= 0.3 is 0 Å². The van der Waals surface area contributed by atoms with Crippen LogP contribution in [-0.4, -0.2) is 45.4 Å². The van der Waals surface area contributed by atoms with E-state index in [2.05, 4.69) is 35.0 Å². The number of benzene rings is 1. The van der Waals surface area contributed by atoms with Crippen LogP contribution in [0.3, 0.4) is 0 Å². The first-order valence-electron chi connectivity index (χ1n) is 8.00. The fourth-order valence-corrected chi connectivity index (χ4v) is 3.31. The van der Waals surface area contributed by atoms with Crippen molar-refractivity contribution >= 4 is 10.9 Å². The molecule has 1 aliphatic heterocycles. The van der Waals surface area contributed by atoms with Gasteiger partial charge in [-0.25, -0.2) is 0 Å². The monoisotopic (exact) mass is 300 g/mol. The SMILES string of the molecule is Cc1ccc2ncccc2c1CN1CCCC(O)(CO)CC1. The molecule has 1 aromatic carbocycles. The number of fused-ring (bicyclic) bond motifs is 1. The minimum atomic E-state index is -0.899. The lowest BCUT2D eigenvalue weighted by Crippen LogP contribution is -2.34. The topological polar surface area (TPSA) is 56.6 Å². The molecule has 4 heteroatoms. The highest BCUT2D eigenvalue weighted by molar-refractivity contribution is 5.83. The van der Waals surface area contributed by atoms with Crippen molar-refractivity contribution in [1.29, 1.82) is 0 Å². The highest BCUT2D eigenvalue weighted by Crippen LogP contribution is 2.26. The van der Waals surface area contributed by atoms with Gasteiger partial charge in [0, 0.05) is 24.7 Å². The standard InChI is InChI=1S/C18H24N2O2/c1-14-5-6-17-15(4-2-9-19-17)16(14)12-20-10-3-7-18(22,13-21)8-11-20/h2,4-6,9,21-22H,3,7-8,10-13H2,1H3. The molecule has 1 unspecified atom stereocenters. The maximum atomic E-state index is 10.3. The summed E-state index contributed by atoms with van der Waals surface area (Å²) < 4.78 is 0. The van der Waals surface area contributed by atoms with Crippen molar-refractivity contribution in [1.82, 2.24) is 9.88 Å². The van der Waals surface area contributed by atoms with Crippen molar-refractivity contribution in [3.05, 3.63) is 41.6 Å². The number of pyridine rings is 1. The molecule has 0 radical (unpaired) electrons. The Morgan fingerprint density at radius 3 is 2.91 bits per heavy atom. The molecule has 0 amide bonds. The van der Waals surface area contributed by atoms with E-state index in [1.54, 1.807) is 0 Å². The van der Waals surface area contributed by atoms with E-state index in [9.17, 15) is 10.2 Å². The third kappa shape index (κ3) is 3.14. The van der Waals surface area contributed by atoms with Gasteiger partial charge in [0.25, 0.3) is 0 Å². The molecule has 2 N–H and O–H groups in total. The third-order valence-electron chi connectivity index (χ3n) is 4.82. The van der Waals surface area contributed by atoms with Crippen LogP contribution in [0, 0.1) is 6.92 Å². The minimum Gasteiger partial charge on any atom is -0.393 e. The zero-order valence-electron chi connectivity index (χ0n) is 13.1. The van der Waals surface area contributed by atoms with Crippen molar-refractivity contribution in [2.45, 2.75) is 38.3 Å². The number of hydrogen-bond acceptors (Lipinski definition) is 4. The number of aliphatic hydroxyl groups excluding tert-OH is 1. The second kappa shape index (κ2) is 6.32. The van der Waals surface area contributed by atoms with Crippen molar-refractivity contribution in [3.8, 4) is 0 Å². The second-order valence-electron chi connectivity index (χ2n) is 6.44. The molecule has 1 fully saturated rings. The molecule has 1 aromatic heterocycles. The summed E-state index contributed by atoms with van der Waals surface area (Å²) in [4.78, 5) is 6.82. The van der Waals surface area contributed by atoms with E-state index in [4.69, 9.17) is 0 Å². The van der Waals surface area contributed by atoms with E-state index >= 15 is 0 Å². The first-order chi connectivity index (χ1) is 10.6. The summed E-state index contributed by atoms with van der Waals surface area (Å²) >= 11 is 0. The highest BCUT2D eigenvalue weighted by Gasteiger charge is 2.29. The summed E-state index contributed by atoms with van der Waals surface area (Å²) in [5.74, 6) is 0. The molecular formula is C18H24N2O2. The fourth-order valence-electron chi connectivity index (χ4n) is 3.31. The van der Waals surface area contributed by atoms with Crippen LogP contribution in [0.5, 0.6) is 0 Å². The molecular weight excluding hydrogens is 276 g/mol. The van der Waals surface area contributed by atoms with Crippen molar-refractivity contribution in [2.24, 2.45) is 0 Å². The van der Waals surface area contributed by atoms with Gasteiger partial charge in [-0.2, -0.15) is 0 Å². The number of likely N-dealkylation sites (tertiary alicyclic amines) is 1. The summed E-state index contributed by atoms with van der Waals surface area (Å²) in [5, 5.41) is 20.9. The molecule has 1 saturated heterocycles. The van der Waals surface area contributed by atoms with E-state index < -0.39 is 5.60 Å². The Kier molecular flexibility index (Phi) is 4.43. The molecule has 0 aliphatic carbocycles. The summed E-state index contributed by atoms with van der Waals surface area (Å²) in [6, 6.07) is 8.32. The molecule has 22 heavy (non-hydrogen) atoms. The number of aryl methyl sites for hydroxylation is 1. The number of aromatic nitrogens is 1. The minimum absolute atomic E-state index is 0.141. The largest absolute Gasteiger partial charge is 0.393 e. The fraction of sp³-hybridized carbons (Fsp3) is 0.500. The van der Waals surface area contributed by atoms with Crippen molar-refractivity contribution in [2.75, 3.05) is 19.7 Å². The van der Waals surface area contributed by atoms with Crippen molar-refractivity contribution < 1.29 is 10.2 Å². The zero-order chi connectivity index (χ0) is 15.6. The van der Waals surface area contributed by atoms with Gasteiger partial charge in [-0.1, -0.05) is 12.1 Å². The van der Waals surface area contributed by atoms with Crippen LogP contribution in [0.1, 0.15) is 30.4 Å². The van der Waals surface area contributed by atoms with E-state index in [1.807, 2.05) is 12.3 Å². The van der Waals surface area contributed by atoms with Crippen LogP contribution in [0.15, 0.2) is 30.5 Å². The molecule has 2 aromatic rings. The smallest absolute Gasteiger partial charge is 0.0890 e. The Morgan fingerprint density at radius 2 is 2.09 bits per heavy atom. The summed E-state index contributed by atoms with van der Waals surface area (Å²) in [6.07, 6.45) is 4.05. The normalized spacial score (nSPS) is 23.6. The highest BCUT2D eigenvalue weighted by atomic mass is 16.3. The van der Waals surface area contributed by atoms with Crippen LogP contribution < -0.4 is 0 Å². The molecule has 0 saturated carbocycles. The predicted molar refractivity (Wildman–Crippen MR) is 87.6 cm³/mol. The molecule has 0 bridgehead atoms. The molecule has 2 heterocycles. The number of hydrogen-bond donors (Lipinski definition) is 2. The Labute approximate surface area is 131 Å². The Bertz CT molecular complexity index is 659. The van der Waals surface area contributed by atoms with E-state index in [0.717, 1.165) is 31.6 Å².